The van der Waals surface area contributed by atoms with Crippen molar-refractivity contribution >= 4 is 5.91 Å². The fraction of sp³-hybridized carbons (Fsp3) is 0.864. The number of rotatable bonds is 17. The highest BCUT2D eigenvalue weighted by atomic mass is 16.2. The highest BCUT2D eigenvalue weighted by Gasteiger charge is 2.16. The zero-order valence-corrected chi connectivity index (χ0v) is 17.7. The predicted molar refractivity (Wildman–Crippen MR) is 111 cm³/mol. The maximum atomic E-state index is 12.2. The number of hydrogen-bond donors (Lipinski definition) is 0. The van der Waals surface area contributed by atoms with Crippen LogP contribution in [0.15, 0.2) is 12.7 Å². The molecule has 148 valence electrons. The molecule has 0 aromatic rings. The fourth-order valence-electron chi connectivity index (χ4n) is 3.12. The second kappa shape index (κ2) is 15.4. The largest absolute Gasteiger partial charge is 0.340 e. The topological polar surface area (TPSA) is 20.3 Å². The van der Waals surface area contributed by atoms with Crippen LogP contribution < -0.4 is 0 Å². The minimum atomic E-state index is 0.300. The molecular weight excluding hydrogens is 308 g/mol. The van der Waals surface area contributed by atoms with Gasteiger partial charge in [-0.2, -0.15) is 0 Å². The Morgan fingerprint density at radius 3 is 1.88 bits per heavy atom. The van der Waals surface area contributed by atoms with Crippen molar-refractivity contribution in [3.63, 3.8) is 0 Å². The van der Waals surface area contributed by atoms with Gasteiger partial charge in [0.15, 0.2) is 0 Å². The Bertz CT molecular complexity index is 339. The number of nitrogens with zero attached hydrogens (tertiary/aromatic N) is 2. The van der Waals surface area contributed by atoms with E-state index in [1.54, 1.807) is 0 Å². The molecule has 0 aromatic carbocycles. The van der Waals surface area contributed by atoms with Gasteiger partial charge in [0.05, 0.1) is 33.7 Å². The number of quaternary nitrogens is 1. The van der Waals surface area contributed by atoms with Gasteiger partial charge in [0.25, 0.3) is 0 Å². The Balaban J connectivity index is 3.52. The Hall–Kier alpha value is -0.830. The highest BCUT2D eigenvalue weighted by Crippen LogP contribution is 2.12. The van der Waals surface area contributed by atoms with E-state index in [0.29, 0.717) is 12.3 Å². The maximum Gasteiger partial charge on any atom is 0.222 e. The van der Waals surface area contributed by atoms with Crippen LogP contribution in [0.25, 0.3) is 0 Å². The Morgan fingerprint density at radius 1 is 0.920 bits per heavy atom. The number of likely N-dealkylation sites (N-methyl/N-ethyl adjacent to an activating group) is 2. The summed E-state index contributed by atoms with van der Waals surface area (Å²) in [6.45, 7) is 8.83. The lowest BCUT2D eigenvalue weighted by molar-refractivity contribution is -0.883. The monoisotopic (exact) mass is 353 g/mol. The summed E-state index contributed by atoms with van der Waals surface area (Å²) in [5.74, 6) is 0.300. The molecule has 0 aromatic heterocycles. The molecule has 0 spiro atoms. The highest BCUT2D eigenvalue weighted by molar-refractivity contribution is 5.75. The second-order valence-electron chi connectivity index (χ2n) is 8.23. The van der Waals surface area contributed by atoms with Crippen molar-refractivity contribution in [1.29, 1.82) is 0 Å². The zero-order chi connectivity index (χ0) is 19.0. The minimum absolute atomic E-state index is 0.300. The van der Waals surface area contributed by atoms with Crippen LogP contribution in [0.3, 0.4) is 0 Å². The van der Waals surface area contributed by atoms with Gasteiger partial charge in [-0.1, -0.05) is 77.7 Å². The summed E-state index contributed by atoms with van der Waals surface area (Å²) in [5, 5.41) is 0. The van der Waals surface area contributed by atoms with Gasteiger partial charge in [0, 0.05) is 13.5 Å². The molecule has 25 heavy (non-hydrogen) atoms. The summed E-state index contributed by atoms with van der Waals surface area (Å²) in [4.78, 5) is 14.1. The van der Waals surface area contributed by atoms with Gasteiger partial charge in [-0.3, -0.25) is 4.79 Å². The first-order valence-electron chi connectivity index (χ1n) is 10.6. The maximum absolute atomic E-state index is 12.2. The van der Waals surface area contributed by atoms with Gasteiger partial charge in [0.2, 0.25) is 5.91 Å². The van der Waals surface area contributed by atoms with Crippen molar-refractivity contribution in [3.8, 4) is 0 Å². The summed E-state index contributed by atoms with van der Waals surface area (Å²) in [6, 6.07) is 0. The SMILES string of the molecule is C=CC[N+](C)(C)CCN(C)C(=O)CCCCCCCCCCCCC. The Kier molecular flexibility index (Phi) is 14.9. The van der Waals surface area contributed by atoms with E-state index in [-0.39, 0.29) is 0 Å². The quantitative estimate of drug-likeness (QED) is 0.194. The average molecular weight is 354 g/mol. The van der Waals surface area contributed by atoms with Crippen LogP contribution in [-0.2, 0) is 4.79 Å². The summed E-state index contributed by atoms with van der Waals surface area (Å²) < 4.78 is 0.888. The number of hydrogen-bond acceptors (Lipinski definition) is 1. The third kappa shape index (κ3) is 15.2. The number of unbranched alkanes of at least 4 members (excludes halogenated alkanes) is 10. The molecule has 0 radical (unpaired) electrons. The minimum Gasteiger partial charge on any atom is -0.340 e. The van der Waals surface area contributed by atoms with E-state index in [1.807, 2.05) is 18.0 Å². The second-order valence-corrected chi connectivity index (χ2v) is 8.23. The zero-order valence-electron chi connectivity index (χ0n) is 17.7. The van der Waals surface area contributed by atoms with Gasteiger partial charge in [-0.05, 0) is 12.5 Å². The third-order valence-corrected chi connectivity index (χ3v) is 5.08. The predicted octanol–water partition coefficient (Wildman–Crippen LogP) is 5.41. The molecule has 0 heterocycles. The molecule has 0 saturated heterocycles. The van der Waals surface area contributed by atoms with Crippen molar-refractivity contribution < 1.29 is 9.28 Å². The molecule has 3 nitrogen and oxygen atoms in total. The van der Waals surface area contributed by atoms with Crippen LogP contribution in [0, 0.1) is 0 Å². The van der Waals surface area contributed by atoms with E-state index in [2.05, 4.69) is 27.6 Å². The smallest absolute Gasteiger partial charge is 0.222 e. The number of amides is 1. The van der Waals surface area contributed by atoms with Crippen LogP contribution in [0.2, 0.25) is 0 Å². The molecule has 0 atom stereocenters. The van der Waals surface area contributed by atoms with Crippen LogP contribution in [0.5, 0.6) is 0 Å². The fourth-order valence-corrected chi connectivity index (χ4v) is 3.12. The lowest BCUT2D eigenvalue weighted by Crippen LogP contribution is -2.45. The molecule has 0 saturated carbocycles. The first-order chi connectivity index (χ1) is 11.9. The summed E-state index contributed by atoms with van der Waals surface area (Å²) in [6.07, 6.45) is 17.3. The van der Waals surface area contributed by atoms with E-state index in [4.69, 9.17) is 0 Å². The van der Waals surface area contributed by atoms with Crippen molar-refractivity contribution in [2.45, 2.75) is 84.0 Å². The van der Waals surface area contributed by atoms with Crippen molar-refractivity contribution in [1.82, 2.24) is 4.90 Å². The van der Waals surface area contributed by atoms with E-state index >= 15 is 0 Å². The lowest BCUT2D eigenvalue weighted by atomic mass is 10.1. The van der Waals surface area contributed by atoms with Crippen molar-refractivity contribution in [3.05, 3.63) is 12.7 Å². The van der Waals surface area contributed by atoms with E-state index in [1.165, 1.54) is 64.2 Å². The Labute approximate surface area is 158 Å². The van der Waals surface area contributed by atoms with Crippen molar-refractivity contribution in [2.24, 2.45) is 0 Å². The molecule has 0 N–H and O–H groups in total. The van der Waals surface area contributed by atoms with Crippen LogP contribution >= 0.6 is 0 Å². The average Bonchev–Trinajstić information content (AvgIpc) is 2.57. The molecule has 0 aliphatic carbocycles. The molecular formula is C22H45N2O+. The molecule has 1 amide bonds. The summed E-state index contributed by atoms with van der Waals surface area (Å²) >= 11 is 0. The van der Waals surface area contributed by atoms with Gasteiger partial charge in [-0.25, -0.2) is 0 Å². The van der Waals surface area contributed by atoms with E-state index < -0.39 is 0 Å². The molecule has 0 aliphatic rings. The van der Waals surface area contributed by atoms with E-state index in [0.717, 1.165) is 30.5 Å². The summed E-state index contributed by atoms with van der Waals surface area (Å²) in [5.41, 5.74) is 0. The standard InChI is InChI=1S/C22H45N2O/c1-6-8-9-10-11-12-13-14-15-16-17-18-22(25)23(3)19-21-24(4,5)20-7-2/h7H,2,6,8-21H2,1,3-5H3/q+1. The van der Waals surface area contributed by atoms with Crippen LogP contribution in [0.1, 0.15) is 84.0 Å². The van der Waals surface area contributed by atoms with Crippen LogP contribution in [0.4, 0.5) is 0 Å². The summed E-state index contributed by atoms with van der Waals surface area (Å²) in [7, 11) is 6.31. The number of carbonyl (C=O) groups excluding carboxylic acids is 1. The molecule has 0 fully saturated rings. The number of carbonyl (C=O) groups is 1. The van der Waals surface area contributed by atoms with Gasteiger partial charge >= 0.3 is 0 Å². The molecule has 0 aliphatic heterocycles. The lowest BCUT2D eigenvalue weighted by Gasteiger charge is -2.30. The molecule has 0 unspecified atom stereocenters. The van der Waals surface area contributed by atoms with Gasteiger partial charge in [-0.15, -0.1) is 0 Å². The van der Waals surface area contributed by atoms with Crippen LogP contribution in [-0.4, -0.2) is 56.1 Å². The molecule has 0 rings (SSSR count). The first kappa shape index (κ1) is 24.2. The van der Waals surface area contributed by atoms with Gasteiger partial charge < -0.3 is 9.38 Å². The normalized spacial score (nSPS) is 11.5. The van der Waals surface area contributed by atoms with E-state index in [9.17, 15) is 4.79 Å². The van der Waals surface area contributed by atoms with Crippen molar-refractivity contribution in [2.75, 3.05) is 40.8 Å². The molecule has 0 bridgehead atoms. The Morgan fingerprint density at radius 2 is 1.40 bits per heavy atom. The molecule has 3 heteroatoms. The van der Waals surface area contributed by atoms with Gasteiger partial charge in [0.1, 0.15) is 0 Å². The first-order valence-corrected chi connectivity index (χ1v) is 10.6. The third-order valence-electron chi connectivity index (χ3n) is 5.08.